The Labute approximate surface area is 711 Å². The zero-order valence-corrected chi connectivity index (χ0v) is 71.8. The van der Waals surface area contributed by atoms with Gasteiger partial charge in [-0.05, 0) is 361 Å². The highest BCUT2D eigenvalue weighted by Crippen LogP contribution is 2.45. The normalized spacial score (nSPS) is 11.5. The van der Waals surface area contributed by atoms with Gasteiger partial charge in [-0.1, -0.05) is 206 Å². The fourth-order valence-electron chi connectivity index (χ4n) is 18.9. The van der Waals surface area contributed by atoms with E-state index in [1.807, 2.05) is 37.2 Å². The van der Waals surface area contributed by atoms with Crippen LogP contribution in [0, 0.1) is 83.1 Å². The van der Waals surface area contributed by atoms with E-state index >= 15 is 0 Å². The monoisotopic (exact) mass is 1560 g/mol. The van der Waals surface area contributed by atoms with Crippen LogP contribution in [-0.2, 0) is 12.8 Å². The minimum atomic E-state index is 1.01. The minimum absolute atomic E-state index is 1.01. The molecule has 14 aromatic carbocycles. The van der Waals surface area contributed by atoms with Crippen LogP contribution < -0.4 is 0 Å². The number of fused-ring (bicyclic) bond motifs is 9. The Balaban J connectivity index is 0.000000125. The summed E-state index contributed by atoms with van der Waals surface area (Å²) < 4.78 is 7.24. The van der Waals surface area contributed by atoms with Gasteiger partial charge in [0.2, 0.25) is 0 Å². The summed E-state index contributed by atoms with van der Waals surface area (Å²) in [5.74, 6) is 0. The third-order valence-electron chi connectivity index (χ3n) is 25.0. The number of rotatable bonds is 13. The quantitative estimate of drug-likeness (QED) is 0.116. The molecule has 0 amide bonds. The van der Waals surface area contributed by atoms with Gasteiger partial charge in [-0.25, -0.2) is 0 Å². The molecule has 20 rings (SSSR count). The lowest BCUT2D eigenvalue weighted by molar-refractivity contribution is 1.10. The Kier molecular flexibility index (Phi) is 21.1. The molecule has 0 aliphatic rings. The van der Waals surface area contributed by atoms with E-state index in [0.717, 1.165) is 18.5 Å². The summed E-state index contributed by atoms with van der Waals surface area (Å²) in [6.07, 6.45) is 13.4. The molecular formula is C115H100N6. The summed E-state index contributed by atoms with van der Waals surface area (Å²) >= 11 is 0. The first-order valence-corrected chi connectivity index (χ1v) is 42.5. The number of hydrogen-bond donors (Lipinski definition) is 0. The van der Waals surface area contributed by atoms with E-state index in [0.29, 0.717) is 0 Å². The Morgan fingerprint density at radius 2 is 0.537 bits per heavy atom. The number of aromatic nitrogens is 6. The molecule has 6 aromatic heterocycles. The highest BCUT2D eigenvalue weighted by atomic mass is 15.0. The second-order valence-electron chi connectivity index (χ2n) is 33.2. The van der Waals surface area contributed by atoms with Crippen LogP contribution in [0.2, 0.25) is 0 Å². The van der Waals surface area contributed by atoms with Gasteiger partial charge in [-0.3, -0.25) is 15.0 Å². The highest BCUT2D eigenvalue weighted by Gasteiger charge is 2.23. The Morgan fingerprint density at radius 3 is 0.959 bits per heavy atom. The summed E-state index contributed by atoms with van der Waals surface area (Å²) in [6.45, 7) is 30.7. The SMILES string of the molecule is CCc1cc(-c2ccc(-n3c4ccccc4c4ccccc43)cc2C)c(CC)cc1-c1ccccc1C.Cc1ccc(-c2c(C)cc(-n3c4ccc(-c5ccc(C)cc5C)cc4c4cc(-c5ccc(C)cc5C)ccc43)cc2C)cc1.Cc1cnccc1-c1ccc(-n2c3ccc(-c4ccncc4C)cc3c3cc(-c4ccncc4C)ccc32)cc1. The molecule has 0 fully saturated rings. The Bertz CT molecular complexity index is 7130. The van der Waals surface area contributed by atoms with Crippen molar-refractivity contribution in [1.29, 1.82) is 0 Å². The molecule has 0 saturated heterocycles. The van der Waals surface area contributed by atoms with Gasteiger partial charge in [-0.2, -0.15) is 0 Å². The zero-order valence-electron chi connectivity index (χ0n) is 71.8. The molecule has 0 aliphatic carbocycles. The molecule has 121 heavy (non-hydrogen) atoms. The van der Waals surface area contributed by atoms with E-state index in [1.54, 1.807) is 0 Å². The number of hydrogen-bond acceptors (Lipinski definition) is 3. The van der Waals surface area contributed by atoms with Crippen molar-refractivity contribution in [2.45, 2.75) is 110 Å². The van der Waals surface area contributed by atoms with Gasteiger partial charge >= 0.3 is 0 Å². The van der Waals surface area contributed by atoms with E-state index in [-0.39, 0.29) is 0 Å². The number of pyridine rings is 3. The van der Waals surface area contributed by atoms with Crippen LogP contribution in [0.15, 0.2) is 328 Å². The molecule has 0 radical (unpaired) electrons. The number of nitrogens with zero attached hydrogens (tertiary/aromatic N) is 6. The van der Waals surface area contributed by atoms with E-state index in [4.69, 9.17) is 0 Å². The van der Waals surface area contributed by atoms with Crippen LogP contribution in [-0.4, -0.2) is 28.7 Å². The molecule has 6 heterocycles. The van der Waals surface area contributed by atoms with Crippen LogP contribution >= 0.6 is 0 Å². The van der Waals surface area contributed by atoms with E-state index in [9.17, 15) is 0 Å². The highest BCUT2D eigenvalue weighted by molar-refractivity contribution is 6.14. The molecule has 20 aromatic rings. The van der Waals surface area contributed by atoms with E-state index in [1.165, 1.54) is 244 Å². The van der Waals surface area contributed by atoms with Crippen molar-refractivity contribution < 1.29 is 0 Å². The fourth-order valence-corrected chi connectivity index (χ4v) is 18.9. The van der Waals surface area contributed by atoms with E-state index in [2.05, 4.69) is 417 Å². The maximum absolute atomic E-state index is 4.30. The summed E-state index contributed by atoms with van der Waals surface area (Å²) in [5, 5.41) is 7.61. The van der Waals surface area contributed by atoms with Gasteiger partial charge in [0.05, 0.1) is 33.1 Å². The van der Waals surface area contributed by atoms with Crippen LogP contribution in [0.25, 0.3) is 171 Å². The second-order valence-corrected chi connectivity index (χ2v) is 33.2. The smallest absolute Gasteiger partial charge is 0.0541 e. The molecule has 6 nitrogen and oxygen atoms in total. The van der Waals surface area contributed by atoms with Crippen LogP contribution in [0.3, 0.4) is 0 Å². The van der Waals surface area contributed by atoms with Gasteiger partial charge in [-0.15, -0.1) is 0 Å². The lowest BCUT2D eigenvalue weighted by Crippen LogP contribution is -1.99. The molecule has 6 heteroatoms. The first kappa shape index (κ1) is 78.1. The molecule has 0 aliphatic heterocycles. The molecule has 590 valence electrons. The average Bonchev–Trinajstić information content (AvgIpc) is 1.59. The fraction of sp³-hybridized carbons (Fsp3) is 0.139. The van der Waals surface area contributed by atoms with Crippen LogP contribution in [0.4, 0.5) is 0 Å². The lowest BCUT2D eigenvalue weighted by Gasteiger charge is -2.19. The first-order chi connectivity index (χ1) is 58.9. The predicted octanol–water partition coefficient (Wildman–Crippen LogP) is 30.7. The maximum atomic E-state index is 4.30. The zero-order chi connectivity index (χ0) is 83.4. The van der Waals surface area contributed by atoms with Crippen LogP contribution in [0.5, 0.6) is 0 Å². The van der Waals surface area contributed by atoms with Crippen molar-refractivity contribution in [3.63, 3.8) is 0 Å². The Hall–Kier alpha value is -14.1. The number of aryl methyl sites for hydroxylation is 14. The van der Waals surface area contributed by atoms with Crippen molar-refractivity contribution in [2.75, 3.05) is 0 Å². The van der Waals surface area contributed by atoms with Gasteiger partial charge in [0.1, 0.15) is 0 Å². The molecule has 0 atom stereocenters. The van der Waals surface area contributed by atoms with Crippen molar-refractivity contribution in [3.05, 3.63) is 406 Å². The molecule has 0 saturated carbocycles. The summed E-state index contributed by atoms with van der Waals surface area (Å²) in [6, 6.07) is 108. The molecular weight excluding hydrogens is 1470 g/mol. The van der Waals surface area contributed by atoms with Gasteiger partial charge in [0, 0.05) is 86.6 Å². The number of benzene rings is 14. The van der Waals surface area contributed by atoms with Crippen LogP contribution in [0.1, 0.15) is 91.7 Å². The van der Waals surface area contributed by atoms with E-state index < -0.39 is 0 Å². The summed E-state index contributed by atoms with van der Waals surface area (Å²) in [7, 11) is 0. The Morgan fingerprint density at radius 1 is 0.207 bits per heavy atom. The first-order valence-electron chi connectivity index (χ1n) is 42.5. The predicted molar refractivity (Wildman–Crippen MR) is 515 cm³/mol. The van der Waals surface area contributed by atoms with Crippen molar-refractivity contribution >= 4 is 65.4 Å². The van der Waals surface area contributed by atoms with Crippen molar-refractivity contribution in [3.8, 4) is 106 Å². The second kappa shape index (κ2) is 32.7. The summed E-state index contributed by atoms with van der Waals surface area (Å²) in [4.78, 5) is 12.9. The topological polar surface area (TPSA) is 53.5 Å². The van der Waals surface area contributed by atoms with Gasteiger partial charge in [0.15, 0.2) is 0 Å². The van der Waals surface area contributed by atoms with Crippen molar-refractivity contribution in [1.82, 2.24) is 28.7 Å². The van der Waals surface area contributed by atoms with Gasteiger partial charge in [0.25, 0.3) is 0 Å². The lowest BCUT2D eigenvalue weighted by atomic mass is 9.86. The standard InChI is InChI=1S/C43H39N.C36H28N4.C36H33N/c1-26-8-12-33(13-9-26)43-31(6)22-36(23-32(43)7)44-41-18-14-34(37-16-10-27(2)20-29(37)4)24-39(41)40-25-35(15-19-42(40)44)38-17-11-28(3)21-30(38)5;1-23-20-37-15-12-30(23)26-4-8-29(9-5-26)40-35-10-6-27(31-13-16-38-21-24(31)2)18-33(35)34-19-28(7-11-36(34)40)32-14-17-39-22-25(32)3;1-5-26-23-34(27(6-2)22-33(26)29-14-8-7-13-24(29)3)30-20-19-28(21-25(30)4)37-35-17-11-9-15-31(35)32-16-10-12-18-36(32)37/h8-25H,1-7H3;4-22H,1-3H3;7-23H,5-6H2,1-4H3. The molecule has 0 unspecified atom stereocenters. The molecule has 0 spiro atoms. The maximum Gasteiger partial charge on any atom is 0.0541 e. The molecule has 0 N–H and O–H groups in total. The third kappa shape index (κ3) is 14.7. The third-order valence-corrected chi connectivity index (χ3v) is 25.0. The minimum Gasteiger partial charge on any atom is -0.309 e. The molecule has 0 bridgehead atoms. The van der Waals surface area contributed by atoms with Gasteiger partial charge < -0.3 is 13.7 Å². The largest absolute Gasteiger partial charge is 0.309 e. The van der Waals surface area contributed by atoms with Crippen molar-refractivity contribution in [2.24, 2.45) is 0 Å². The number of para-hydroxylation sites is 2. The summed E-state index contributed by atoms with van der Waals surface area (Å²) in [5.41, 5.74) is 49.2. The average molecular weight is 1570 g/mol.